The fourth-order valence-corrected chi connectivity index (χ4v) is 6.67. The molecule has 6 rings (SSSR count). The summed E-state index contributed by atoms with van der Waals surface area (Å²) in [5.41, 5.74) is 3.56. The van der Waals surface area contributed by atoms with E-state index in [4.69, 9.17) is 15.1 Å². The van der Waals surface area contributed by atoms with Gasteiger partial charge in [0.25, 0.3) is 0 Å². The summed E-state index contributed by atoms with van der Waals surface area (Å²) in [4.78, 5) is 29.8. The van der Waals surface area contributed by atoms with Gasteiger partial charge < -0.3 is 15.0 Å². The van der Waals surface area contributed by atoms with Crippen molar-refractivity contribution in [2.75, 3.05) is 24.7 Å². The van der Waals surface area contributed by atoms with Gasteiger partial charge in [0.1, 0.15) is 16.7 Å². The molecule has 2 fully saturated rings. The third kappa shape index (κ3) is 3.56. The molecule has 0 unspecified atom stereocenters. The number of para-hydroxylation sites is 1. The molecule has 1 saturated carbocycles. The molecule has 0 amide bonds. The average Bonchev–Trinajstić information content (AvgIpc) is 3.57. The van der Waals surface area contributed by atoms with Crippen LogP contribution in [-0.4, -0.2) is 46.2 Å². The van der Waals surface area contributed by atoms with Crippen LogP contribution in [0, 0.1) is 11.3 Å². The number of thiazole rings is 1. The highest BCUT2D eigenvalue weighted by molar-refractivity contribution is 7.20. The standard InChI is InChI=1S/C25H27N5O2S/c26-18(13-16-7-11-32-12-8-16)21(31)24-29-20-22(27-15-28-23(20)33-24)30-14-25(9-3-4-10-25)17-5-1-2-6-19(17)30/h1-2,5-6,15-16,26H,3-4,7-14H2. The molecule has 7 nitrogen and oxygen atoms in total. The number of ketones is 1. The lowest BCUT2D eigenvalue weighted by Gasteiger charge is -2.25. The van der Waals surface area contributed by atoms with Crippen LogP contribution in [0.5, 0.6) is 0 Å². The van der Waals surface area contributed by atoms with Crippen molar-refractivity contribution < 1.29 is 9.53 Å². The molecule has 0 radical (unpaired) electrons. The fourth-order valence-electron chi connectivity index (χ4n) is 5.80. The predicted molar refractivity (Wildman–Crippen MR) is 129 cm³/mol. The molecule has 1 aliphatic carbocycles. The van der Waals surface area contributed by atoms with Crippen LogP contribution in [0.15, 0.2) is 30.6 Å². The molecule has 3 aromatic rings. The van der Waals surface area contributed by atoms with E-state index in [0.717, 1.165) is 25.2 Å². The highest BCUT2D eigenvalue weighted by Crippen LogP contribution is 2.52. The average molecular weight is 462 g/mol. The first-order valence-corrected chi connectivity index (χ1v) is 12.6. The molecule has 3 aliphatic rings. The zero-order chi connectivity index (χ0) is 22.4. The second kappa shape index (κ2) is 8.25. The van der Waals surface area contributed by atoms with E-state index in [1.807, 2.05) is 0 Å². The Labute approximate surface area is 196 Å². The monoisotopic (exact) mass is 461 g/mol. The van der Waals surface area contributed by atoms with Gasteiger partial charge in [-0.2, -0.15) is 0 Å². The van der Waals surface area contributed by atoms with E-state index in [0.29, 0.717) is 40.9 Å². The normalized spacial score (nSPS) is 19.9. The van der Waals surface area contributed by atoms with Crippen LogP contribution in [0.3, 0.4) is 0 Å². The first kappa shape index (κ1) is 20.9. The maximum Gasteiger partial charge on any atom is 0.235 e. The van der Waals surface area contributed by atoms with E-state index in [9.17, 15) is 4.79 Å². The maximum absolute atomic E-state index is 13.1. The van der Waals surface area contributed by atoms with Crippen LogP contribution < -0.4 is 4.90 Å². The van der Waals surface area contributed by atoms with Crippen molar-refractivity contribution in [3.8, 4) is 0 Å². The molecular formula is C25H27N5O2S. The van der Waals surface area contributed by atoms with Crippen LogP contribution >= 0.6 is 11.3 Å². The number of carbonyl (C=O) groups excluding carboxylic acids is 1. The van der Waals surface area contributed by atoms with Gasteiger partial charge in [0.15, 0.2) is 10.8 Å². The molecule has 4 heterocycles. The minimum atomic E-state index is -0.287. The summed E-state index contributed by atoms with van der Waals surface area (Å²) < 4.78 is 5.40. The van der Waals surface area contributed by atoms with Crippen LogP contribution in [0.1, 0.15) is 60.3 Å². The summed E-state index contributed by atoms with van der Waals surface area (Å²) >= 11 is 1.27. The first-order valence-electron chi connectivity index (χ1n) is 11.8. The van der Waals surface area contributed by atoms with Crippen molar-refractivity contribution in [1.82, 2.24) is 15.0 Å². The highest BCUT2D eigenvalue weighted by Gasteiger charge is 2.45. The number of carbonyl (C=O) groups is 1. The first-order chi connectivity index (χ1) is 16.1. The number of fused-ring (bicyclic) bond motifs is 3. The van der Waals surface area contributed by atoms with Crippen LogP contribution in [0.25, 0.3) is 10.3 Å². The van der Waals surface area contributed by atoms with Crippen LogP contribution in [-0.2, 0) is 10.2 Å². The van der Waals surface area contributed by atoms with Gasteiger partial charge in [0.05, 0.1) is 5.71 Å². The molecule has 33 heavy (non-hydrogen) atoms. The lowest BCUT2D eigenvalue weighted by atomic mass is 9.81. The van der Waals surface area contributed by atoms with Gasteiger partial charge in [0.2, 0.25) is 5.78 Å². The SMILES string of the molecule is N=C(CC1CCOCC1)C(=O)c1nc2c(N3CC4(CCCC4)c4ccccc43)ncnc2s1. The Bertz CT molecular complexity index is 1230. The fraction of sp³-hybridized carbons (Fsp3) is 0.480. The second-order valence-electron chi connectivity index (χ2n) is 9.53. The number of nitrogens with one attached hydrogen (secondary N) is 1. The summed E-state index contributed by atoms with van der Waals surface area (Å²) in [6.07, 6.45) is 8.76. The van der Waals surface area contributed by atoms with E-state index in [1.165, 1.54) is 48.3 Å². The van der Waals surface area contributed by atoms with Gasteiger partial charge in [0, 0.05) is 30.9 Å². The number of hydrogen-bond acceptors (Lipinski definition) is 8. The number of benzene rings is 1. The Kier molecular flexibility index (Phi) is 5.22. The highest BCUT2D eigenvalue weighted by atomic mass is 32.1. The quantitative estimate of drug-likeness (QED) is 0.421. The summed E-state index contributed by atoms with van der Waals surface area (Å²) in [6, 6.07) is 8.62. The zero-order valence-corrected chi connectivity index (χ0v) is 19.4. The van der Waals surface area contributed by atoms with Crippen molar-refractivity contribution in [2.24, 2.45) is 5.92 Å². The van der Waals surface area contributed by atoms with Crippen molar-refractivity contribution in [1.29, 1.82) is 5.41 Å². The van der Waals surface area contributed by atoms with E-state index in [2.05, 4.69) is 39.1 Å². The van der Waals surface area contributed by atoms with Gasteiger partial charge in [-0.05, 0) is 49.7 Å². The third-order valence-corrected chi connectivity index (χ3v) is 8.48. The molecule has 0 atom stereocenters. The maximum atomic E-state index is 13.1. The summed E-state index contributed by atoms with van der Waals surface area (Å²) in [6.45, 7) is 2.31. The Hall–Kier alpha value is -2.71. The molecule has 1 aromatic carbocycles. The number of Topliss-reactive ketones (excluding diaryl/α,β-unsaturated/α-hetero) is 1. The number of anilines is 2. The number of aromatic nitrogens is 3. The van der Waals surface area contributed by atoms with Gasteiger partial charge in [-0.1, -0.05) is 42.4 Å². The summed E-state index contributed by atoms with van der Waals surface area (Å²) in [5, 5.41) is 8.74. The molecule has 2 aromatic heterocycles. The molecule has 170 valence electrons. The molecule has 1 spiro atoms. The number of ether oxygens (including phenoxy) is 1. The van der Waals surface area contributed by atoms with Crippen LogP contribution in [0.2, 0.25) is 0 Å². The summed E-state index contributed by atoms with van der Waals surface area (Å²) in [7, 11) is 0. The van der Waals surface area contributed by atoms with Crippen molar-refractivity contribution in [3.63, 3.8) is 0 Å². The van der Waals surface area contributed by atoms with Gasteiger partial charge in [-0.3, -0.25) is 4.79 Å². The Morgan fingerprint density at radius 1 is 1.18 bits per heavy atom. The smallest absolute Gasteiger partial charge is 0.235 e. The minimum absolute atomic E-state index is 0.131. The molecule has 0 bridgehead atoms. The molecular weight excluding hydrogens is 434 g/mol. The molecule has 1 saturated heterocycles. The lowest BCUT2D eigenvalue weighted by molar-refractivity contribution is 0.0680. The molecule has 2 aliphatic heterocycles. The Morgan fingerprint density at radius 2 is 1.97 bits per heavy atom. The minimum Gasteiger partial charge on any atom is -0.381 e. The van der Waals surface area contributed by atoms with E-state index >= 15 is 0 Å². The number of rotatable bonds is 5. The van der Waals surface area contributed by atoms with Gasteiger partial charge in [-0.15, -0.1) is 0 Å². The van der Waals surface area contributed by atoms with Crippen molar-refractivity contribution in [2.45, 2.75) is 50.4 Å². The zero-order valence-electron chi connectivity index (χ0n) is 18.5. The van der Waals surface area contributed by atoms with Crippen molar-refractivity contribution >= 4 is 44.7 Å². The van der Waals surface area contributed by atoms with Gasteiger partial charge >= 0.3 is 0 Å². The summed E-state index contributed by atoms with van der Waals surface area (Å²) in [5.74, 6) is 0.815. The predicted octanol–water partition coefficient (Wildman–Crippen LogP) is 5.07. The molecule has 8 heteroatoms. The number of hydrogen-bond donors (Lipinski definition) is 1. The molecule has 1 N–H and O–H groups in total. The Morgan fingerprint density at radius 3 is 2.79 bits per heavy atom. The van der Waals surface area contributed by atoms with E-state index in [1.54, 1.807) is 6.33 Å². The Balaban J connectivity index is 1.33. The van der Waals surface area contributed by atoms with Crippen molar-refractivity contribution in [3.05, 3.63) is 41.2 Å². The van der Waals surface area contributed by atoms with E-state index < -0.39 is 0 Å². The largest absolute Gasteiger partial charge is 0.381 e. The van der Waals surface area contributed by atoms with Crippen LogP contribution in [0.4, 0.5) is 11.5 Å². The van der Waals surface area contributed by atoms with Gasteiger partial charge in [-0.25, -0.2) is 15.0 Å². The van der Waals surface area contributed by atoms with E-state index in [-0.39, 0.29) is 16.9 Å². The number of nitrogens with zero attached hydrogens (tertiary/aromatic N) is 4. The topological polar surface area (TPSA) is 92.1 Å². The lowest BCUT2D eigenvalue weighted by Crippen LogP contribution is -2.29. The third-order valence-electron chi connectivity index (χ3n) is 7.52. The second-order valence-corrected chi connectivity index (χ2v) is 10.5.